The van der Waals surface area contributed by atoms with Crippen LogP contribution in [0.15, 0.2) is 12.1 Å². The number of aldehydes is 1. The summed E-state index contributed by atoms with van der Waals surface area (Å²) >= 11 is 5.97. The molecule has 0 bridgehead atoms. The number of rotatable bonds is 3. The highest BCUT2D eigenvalue weighted by molar-refractivity contribution is 6.31. The lowest BCUT2D eigenvalue weighted by atomic mass is 9.97. The second-order valence-electron chi connectivity index (χ2n) is 3.97. The molecule has 2 nitrogen and oxygen atoms in total. The van der Waals surface area contributed by atoms with Crippen LogP contribution in [0, 0.1) is 6.92 Å². The quantitative estimate of drug-likeness (QED) is 0.737. The Morgan fingerprint density at radius 3 is 2.47 bits per heavy atom. The molecule has 0 radical (unpaired) electrons. The predicted molar refractivity (Wildman–Crippen MR) is 63.7 cm³/mol. The van der Waals surface area contributed by atoms with Gasteiger partial charge in [0.05, 0.1) is 0 Å². The number of carbonyl (C=O) groups is 1. The molecule has 1 rings (SSSR count). The van der Waals surface area contributed by atoms with Gasteiger partial charge in [0.2, 0.25) is 0 Å². The topological polar surface area (TPSA) is 20.3 Å². The highest BCUT2D eigenvalue weighted by atomic mass is 35.5. The van der Waals surface area contributed by atoms with E-state index in [1.54, 1.807) is 6.07 Å². The van der Waals surface area contributed by atoms with Crippen LogP contribution in [0.2, 0.25) is 5.02 Å². The molecule has 0 heterocycles. The van der Waals surface area contributed by atoms with Crippen molar-refractivity contribution in [3.05, 3.63) is 33.8 Å². The van der Waals surface area contributed by atoms with Crippen LogP contribution in [-0.2, 0) is 0 Å². The van der Waals surface area contributed by atoms with E-state index in [1.165, 1.54) is 0 Å². The van der Waals surface area contributed by atoms with E-state index in [9.17, 15) is 4.79 Å². The van der Waals surface area contributed by atoms with Crippen LogP contribution in [0.25, 0.3) is 0 Å². The minimum absolute atomic E-state index is 0.252. The van der Waals surface area contributed by atoms with Crippen LogP contribution in [0.4, 0.5) is 0 Å². The lowest BCUT2D eigenvalue weighted by Gasteiger charge is -2.23. The van der Waals surface area contributed by atoms with Crippen molar-refractivity contribution >= 4 is 17.9 Å². The molecular formula is C12H16ClNO. The molecule has 0 saturated heterocycles. The fourth-order valence-electron chi connectivity index (χ4n) is 1.56. The first-order valence-electron chi connectivity index (χ1n) is 4.89. The molecule has 3 heteroatoms. The molecule has 0 aromatic heterocycles. The summed E-state index contributed by atoms with van der Waals surface area (Å²) in [7, 11) is 4.01. The first-order chi connectivity index (χ1) is 6.97. The van der Waals surface area contributed by atoms with Crippen LogP contribution in [0.3, 0.4) is 0 Å². The van der Waals surface area contributed by atoms with E-state index in [0.717, 1.165) is 17.4 Å². The molecule has 1 aromatic carbocycles. The van der Waals surface area contributed by atoms with Gasteiger partial charge in [-0.2, -0.15) is 0 Å². The molecule has 0 N–H and O–H groups in total. The molecule has 1 aromatic rings. The van der Waals surface area contributed by atoms with E-state index < -0.39 is 0 Å². The number of hydrogen-bond acceptors (Lipinski definition) is 2. The fourth-order valence-corrected chi connectivity index (χ4v) is 1.79. The monoisotopic (exact) mass is 225 g/mol. The third-order valence-electron chi connectivity index (χ3n) is 2.80. The maximum absolute atomic E-state index is 10.9. The molecule has 0 amide bonds. The molecule has 0 aliphatic carbocycles. The Labute approximate surface area is 95.8 Å². The van der Waals surface area contributed by atoms with Gasteiger partial charge in [0.15, 0.2) is 0 Å². The van der Waals surface area contributed by atoms with Crippen molar-refractivity contribution in [1.29, 1.82) is 0 Å². The van der Waals surface area contributed by atoms with Crippen molar-refractivity contribution in [2.45, 2.75) is 19.9 Å². The van der Waals surface area contributed by atoms with Gasteiger partial charge in [-0.3, -0.25) is 4.79 Å². The smallest absolute Gasteiger partial charge is 0.150 e. The Balaban J connectivity index is 3.28. The maximum atomic E-state index is 10.9. The highest BCUT2D eigenvalue weighted by Gasteiger charge is 2.13. The second kappa shape index (κ2) is 4.77. The Bertz CT molecular complexity index is 374. The third-order valence-corrected chi connectivity index (χ3v) is 3.02. The van der Waals surface area contributed by atoms with Crippen LogP contribution in [-0.4, -0.2) is 25.3 Å². The van der Waals surface area contributed by atoms with Gasteiger partial charge in [-0.15, -0.1) is 0 Å². The van der Waals surface area contributed by atoms with E-state index >= 15 is 0 Å². The zero-order valence-corrected chi connectivity index (χ0v) is 10.3. The van der Waals surface area contributed by atoms with Crippen molar-refractivity contribution in [2.24, 2.45) is 0 Å². The number of benzene rings is 1. The molecule has 0 saturated carbocycles. The molecule has 0 aliphatic heterocycles. The van der Waals surface area contributed by atoms with E-state index in [0.29, 0.717) is 10.6 Å². The third kappa shape index (κ3) is 2.58. The normalized spacial score (nSPS) is 12.9. The Hall–Kier alpha value is -0.860. The zero-order valence-electron chi connectivity index (χ0n) is 9.54. The summed E-state index contributed by atoms with van der Waals surface area (Å²) in [5.74, 6) is 0. The summed E-state index contributed by atoms with van der Waals surface area (Å²) in [6.45, 7) is 4.04. The summed E-state index contributed by atoms with van der Waals surface area (Å²) in [5.41, 5.74) is 2.79. The molecule has 1 atom stereocenters. The van der Waals surface area contributed by atoms with Crippen molar-refractivity contribution in [3.63, 3.8) is 0 Å². The minimum Gasteiger partial charge on any atom is -0.303 e. The molecule has 0 spiro atoms. The SMILES string of the molecule is Cc1c(C=O)cc(Cl)cc1C(C)N(C)C. The Morgan fingerprint density at radius 2 is 2.00 bits per heavy atom. The lowest BCUT2D eigenvalue weighted by molar-refractivity contribution is 0.112. The van der Waals surface area contributed by atoms with Crippen molar-refractivity contribution < 1.29 is 4.79 Å². The first-order valence-corrected chi connectivity index (χ1v) is 5.26. The van der Waals surface area contributed by atoms with Gasteiger partial charge in [0, 0.05) is 16.6 Å². The van der Waals surface area contributed by atoms with Crippen molar-refractivity contribution in [3.8, 4) is 0 Å². The summed E-state index contributed by atoms with van der Waals surface area (Å²) in [6.07, 6.45) is 0.854. The van der Waals surface area contributed by atoms with Gasteiger partial charge in [-0.25, -0.2) is 0 Å². The van der Waals surface area contributed by atoms with Gasteiger partial charge >= 0.3 is 0 Å². The summed E-state index contributed by atoms with van der Waals surface area (Å²) in [4.78, 5) is 12.9. The predicted octanol–water partition coefficient (Wildman–Crippen LogP) is 3.08. The number of halogens is 1. The average molecular weight is 226 g/mol. The van der Waals surface area contributed by atoms with Crippen molar-refractivity contribution in [1.82, 2.24) is 4.90 Å². The fraction of sp³-hybridized carbons (Fsp3) is 0.417. The largest absolute Gasteiger partial charge is 0.303 e. The van der Waals surface area contributed by atoms with Crippen LogP contribution in [0.5, 0.6) is 0 Å². The Kier molecular flexibility index (Phi) is 3.89. The second-order valence-corrected chi connectivity index (χ2v) is 4.40. The van der Waals surface area contributed by atoms with Crippen LogP contribution < -0.4 is 0 Å². The van der Waals surface area contributed by atoms with Crippen molar-refractivity contribution in [2.75, 3.05) is 14.1 Å². The highest BCUT2D eigenvalue weighted by Crippen LogP contribution is 2.26. The number of hydrogen-bond donors (Lipinski definition) is 0. The molecular weight excluding hydrogens is 210 g/mol. The van der Waals surface area contributed by atoms with E-state index in [1.807, 2.05) is 27.1 Å². The molecule has 15 heavy (non-hydrogen) atoms. The van der Waals surface area contributed by atoms with E-state index in [4.69, 9.17) is 11.6 Å². The van der Waals surface area contributed by atoms with Crippen LogP contribution >= 0.6 is 11.6 Å². The maximum Gasteiger partial charge on any atom is 0.150 e. The molecule has 0 aliphatic rings. The van der Waals surface area contributed by atoms with Gasteiger partial charge in [-0.1, -0.05) is 11.6 Å². The van der Waals surface area contributed by atoms with E-state index in [-0.39, 0.29) is 6.04 Å². The van der Waals surface area contributed by atoms with Gasteiger partial charge in [0.1, 0.15) is 6.29 Å². The summed E-state index contributed by atoms with van der Waals surface area (Å²) in [6, 6.07) is 3.88. The van der Waals surface area contributed by atoms with Gasteiger partial charge in [0.25, 0.3) is 0 Å². The number of nitrogens with zero attached hydrogens (tertiary/aromatic N) is 1. The molecule has 0 fully saturated rings. The first kappa shape index (κ1) is 12.2. The van der Waals surface area contributed by atoms with Gasteiger partial charge < -0.3 is 4.90 Å². The molecule has 82 valence electrons. The van der Waals surface area contributed by atoms with E-state index in [2.05, 4.69) is 11.8 Å². The average Bonchev–Trinajstić information content (AvgIpc) is 2.19. The Morgan fingerprint density at radius 1 is 1.40 bits per heavy atom. The summed E-state index contributed by atoms with van der Waals surface area (Å²) in [5, 5.41) is 0.617. The van der Waals surface area contributed by atoms with Crippen LogP contribution in [0.1, 0.15) is 34.5 Å². The number of carbonyl (C=O) groups excluding carboxylic acids is 1. The standard InChI is InChI=1S/C12H16ClNO/c1-8-10(7-15)5-11(13)6-12(8)9(2)14(3)4/h5-7,9H,1-4H3. The minimum atomic E-state index is 0.252. The summed E-state index contributed by atoms with van der Waals surface area (Å²) < 4.78 is 0. The van der Waals surface area contributed by atoms with Gasteiger partial charge in [-0.05, 0) is 51.2 Å². The molecule has 1 unspecified atom stereocenters. The lowest BCUT2D eigenvalue weighted by Crippen LogP contribution is -2.18. The zero-order chi connectivity index (χ0) is 11.6.